The Hall–Kier alpha value is -0.610. The van der Waals surface area contributed by atoms with E-state index in [9.17, 15) is 4.79 Å². The van der Waals surface area contributed by atoms with Crippen molar-refractivity contribution < 1.29 is 4.79 Å². The van der Waals surface area contributed by atoms with Gasteiger partial charge in [-0.05, 0) is 31.7 Å². The van der Waals surface area contributed by atoms with Gasteiger partial charge in [-0.1, -0.05) is 6.42 Å². The van der Waals surface area contributed by atoms with Crippen LogP contribution in [-0.2, 0) is 4.79 Å². The minimum Gasteiger partial charge on any atom is -0.330 e. The van der Waals surface area contributed by atoms with E-state index in [0.717, 1.165) is 18.9 Å². The van der Waals surface area contributed by atoms with Crippen molar-refractivity contribution in [2.75, 3.05) is 13.1 Å². The fourth-order valence-corrected chi connectivity index (χ4v) is 2.17. The van der Waals surface area contributed by atoms with Crippen LogP contribution in [-0.4, -0.2) is 30.0 Å². The Morgan fingerprint density at radius 1 is 1.50 bits per heavy atom. The molecule has 4 nitrogen and oxygen atoms in total. The van der Waals surface area contributed by atoms with Crippen molar-refractivity contribution >= 4 is 5.91 Å². The Labute approximate surface area is 84.8 Å². The monoisotopic (exact) mass is 197 g/mol. The molecule has 1 saturated carbocycles. The van der Waals surface area contributed by atoms with Crippen LogP contribution in [0.1, 0.15) is 32.1 Å². The van der Waals surface area contributed by atoms with Gasteiger partial charge < -0.3 is 5.73 Å². The van der Waals surface area contributed by atoms with Crippen LogP contribution in [0, 0.1) is 5.92 Å². The first-order valence-corrected chi connectivity index (χ1v) is 5.58. The van der Waals surface area contributed by atoms with Gasteiger partial charge in [0.25, 0.3) is 0 Å². The lowest BCUT2D eigenvalue weighted by Crippen LogP contribution is -2.42. The maximum atomic E-state index is 11.6. The lowest BCUT2D eigenvalue weighted by atomic mass is 9.79. The Morgan fingerprint density at radius 2 is 2.29 bits per heavy atom. The van der Waals surface area contributed by atoms with Crippen molar-refractivity contribution in [3.63, 3.8) is 0 Å². The van der Waals surface area contributed by atoms with Crippen molar-refractivity contribution in [3.05, 3.63) is 0 Å². The fraction of sp³-hybridized carbons (Fsp3) is 0.900. The van der Waals surface area contributed by atoms with E-state index < -0.39 is 0 Å². The summed E-state index contributed by atoms with van der Waals surface area (Å²) in [7, 11) is 0. The van der Waals surface area contributed by atoms with Gasteiger partial charge in [-0.15, -0.1) is 0 Å². The predicted octanol–water partition coefficient (Wildman–Crippen LogP) is 0.241. The first-order chi connectivity index (χ1) is 6.81. The Balaban J connectivity index is 1.80. The third-order valence-electron chi connectivity index (χ3n) is 3.32. The molecule has 1 heterocycles. The molecule has 1 aliphatic carbocycles. The summed E-state index contributed by atoms with van der Waals surface area (Å²) in [6, 6.07) is 0.411. The third kappa shape index (κ3) is 1.91. The number of nitrogens with one attached hydrogen (secondary N) is 1. The van der Waals surface area contributed by atoms with Crippen LogP contribution in [0.25, 0.3) is 0 Å². The summed E-state index contributed by atoms with van der Waals surface area (Å²) in [5, 5.41) is 1.76. The number of nitrogens with two attached hydrogens (primary N) is 1. The summed E-state index contributed by atoms with van der Waals surface area (Å²) in [4.78, 5) is 11.6. The van der Waals surface area contributed by atoms with E-state index in [1.807, 2.05) is 0 Å². The second-order valence-corrected chi connectivity index (χ2v) is 4.32. The number of rotatable bonds is 4. The van der Waals surface area contributed by atoms with Gasteiger partial charge >= 0.3 is 0 Å². The Bertz CT molecular complexity index is 215. The van der Waals surface area contributed by atoms with E-state index in [-0.39, 0.29) is 5.91 Å². The highest BCUT2D eigenvalue weighted by molar-refractivity contribution is 5.78. The fourth-order valence-electron chi connectivity index (χ4n) is 2.17. The molecule has 1 amide bonds. The molecule has 80 valence electrons. The maximum absolute atomic E-state index is 11.6. The summed E-state index contributed by atoms with van der Waals surface area (Å²) < 4.78 is 0. The number of carbonyl (C=O) groups is 1. The molecule has 0 radical (unpaired) electrons. The van der Waals surface area contributed by atoms with Crippen LogP contribution in [0.15, 0.2) is 0 Å². The molecule has 1 aliphatic heterocycles. The highest BCUT2D eigenvalue weighted by atomic mass is 16.2. The standard InChI is InChI=1S/C10H19N3O/c11-5-2-6-13-10(14)7-9(12-13)8-3-1-4-8/h8-9,12H,1-7,11H2. The molecule has 4 heteroatoms. The third-order valence-corrected chi connectivity index (χ3v) is 3.32. The average molecular weight is 197 g/mol. The highest BCUT2D eigenvalue weighted by Gasteiger charge is 2.36. The van der Waals surface area contributed by atoms with Gasteiger partial charge in [-0.2, -0.15) is 0 Å². The largest absolute Gasteiger partial charge is 0.330 e. The smallest absolute Gasteiger partial charge is 0.238 e. The van der Waals surface area contributed by atoms with Crippen LogP contribution in [0.5, 0.6) is 0 Å². The molecule has 1 saturated heterocycles. The zero-order chi connectivity index (χ0) is 9.97. The lowest BCUT2D eigenvalue weighted by molar-refractivity contribution is -0.129. The number of hydrogen-bond acceptors (Lipinski definition) is 3. The number of hydrogen-bond donors (Lipinski definition) is 2. The molecule has 0 aromatic rings. The van der Waals surface area contributed by atoms with Crippen LogP contribution >= 0.6 is 0 Å². The van der Waals surface area contributed by atoms with Gasteiger partial charge in [0.15, 0.2) is 0 Å². The molecule has 2 aliphatic rings. The SMILES string of the molecule is NCCCN1NC(C2CCC2)CC1=O. The van der Waals surface area contributed by atoms with Gasteiger partial charge in [0.1, 0.15) is 0 Å². The summed E-state index contributed by atoms with van der Waals surface area (Å²) in [5.41, 5.74) is 8.72. The molecular weight excluding hydrogens is 178 g/mol. The molecule has 0 spiro atoms. The highest BCUT2D eigenvalue weighted by Crippen LogP contribution is 2.33. The Kier molecular flexibility index (Phi) is 3.03. The topological polar surface area (TPSA) is 58.4 Å². The molecule has 0 bridgehead atoms. The minimum absolute atomic E-state index is 0.246. The molecule has 14 heavy (non-hydrogen) atoms. The minimum atomic E-state index is 0.246. The van der Waals surface area contributed by atoms with E-state index in [2.05, 4.69) is 5.43 Å². The lowest BCUT2D eigenvalue weighted by Gasteiger charge is -2.31. The summed E-state index contributed by atoms with van der Waals surface area (Å²) in [5.74, 6) is 0.983. The average Bonchev–Trinajstić information content (AvgIpc) is 2.40. The molecule has 0 aromatic carbocycles. The van der Waals surface area contributed by atoms with Crippen LogP contribution in [0.3, 0.4) is 0 Å². The number of carbonyl (C=O) groups excluding carboxylic acids is 1. The first-order valence-electron chi connectivity index (χ1n) is 5.58. The number of nitrogens with zero attached hydrogens (tertiary/aromatic N) is 1. The van der Waals surface area contributed by atoms with Crippen molar-refractivity contribution in [1.29, 1.82) is 0 Å². The van der Waals surface area contributed by atoms with Crippen LogP contribution < -0.4 is 11.2 Å². The van der Waals surface area contributed by atoms with Gasteiger partial charge in [0, 0.05) is 19.0 Å². The molecular formula is C10H19N3O. The van der Waals surface area contributed by atoms with Crippen molar-refractivity contribution in [3.8, 4) is 0 Å². The van der Waals surface area contributed by atoms with E-state index in [1.54, 1.807) is 5.01 Å². The normalized spacial score (nSPS) is 28.2. The van der Waals surface area contributed by atoms with Crippen LogP contribution in [0.4, 0.5) is 0 Å². The number of amides is 1. The van der Waals surface area contributed by atoms with Crippen molar-refractivity contribution in [2.24, 2.45) is 11.7 Å². The van der Waals surface area contributed by atoms with Gasteiger partial charge in [-0.25, -0.2) is 5.43 Å². The molecule has 1 atom stereocenters. The number of hydrazine groups is 1. The molecule has 2 rings (SSSR count). The zero-order valence-corrected chi connectivity index (χ0v) is 8.54. The van der Waals surface area contributed by atoms with Gasteiger partial charge in [0.2, 0.25) is 5.91 Å². The first kappa shape index (κ1) is 9.93. The Morgan fingerprint density at radius 3 is 2.86 bits per heavy atom. The van der Waals surface area contributed by atoms with Gasteiger partial charge in [0.05, 0.1) is 0 Å². The second kappa shape index (κ2) is 4.28. The molecule has 0 aromatic heterocycles. The van der Waals surface area contributed by atoms with E-state index >= 15 is 0 Å². The van der Waals surface area contributed by atoms with Gasteiger partial charge in [-0.3, -0.25) is 9.80 Å². The van der Waals surface area contributed by atoms with Crippen LogP contribution in [0.2, 0.25) is 0 Å². The van der Waals surface area contributed by atoms with E-state index in [0.29, 0.717) is 19.0 Å². The molecule has 1 unspecified atom stereocenters. The summed E-state index contributed by atoms with van der Waals surface area (Å²) in [6.45, 7) is 1.41. The molecule has 3 N–H and O–H groups in total. The quantitative estimate of drug-likeness (QED) is 0.679. The van der Waals surface area contributed by atoms with Crippen molar-refractivity contribution in [1.82, 2.24) is 10.4 Å². The zero-order valence-electron chi connectivity index (χ0n) is 8.54. The van der Waals surface area contributed by atoms with Crippen molar-refractivity contribution in [2.45, 2.75) is 38.1 Å². The van der Waals surface area contributed by atoms with E-state index in [1.165, 1.54) is 19.3 Å². The summed E-state index contributed by atoms with van der Waals surface area (Å²) >= 11 is 0. The maximum Gasteiger partial charge on any atom is 0.238 e. The predicted molar refractivity (Wildman–Crippen MR) is 54.3 cm³/mol. The molecule has 2 fully saturated rings. The summed E-state index contributed by atoms with van der Waals surface area (Å²) in [6.07, 6.45) is 5.48. The van der Waals surface area contributed by atoms with E-state index in [4.69, 9.17) is 5.73 Å². The second-order valence-electron chi connectivity index (χ2n) is 4.32.